The van der Waals surface area contributed by atoms with E-state index in [0.29, 0.717) is 10.7 Å². The highest BCUT2D eigenvalue weighted by atomic mass is 79.9. The van der Waals surface area contributed by atoms with Crippen LogP contribution in [0.15, 0.2) is 22.7 Å². The zero-order chi connectivity index (χ0) is 14.2. The molecule has 1 aromatic carbocycles. The molecular formula is C14H14BrClN2O. The molecule has 0 spiro atoms. The Balaban J connectivity index is 2.34. The summed E-state index contributed by atoms with van der Waals surface area (Å²) < 4.78 is 2.43. The molecule has 0 N–H and O–H groups in total. The number of carbonyl (C=O) groups excluding carboxylic acids is 1. The Hall–Kier alpha value is -1.13. The van der Waals surface area contributed by atoms with E-state index < -0.39 is 0 Å². The van der Waals surface area contributed by atoms with E-state index in [0.717, 1.165) is 21.3 Å². The maximum absolute atomic E-state index is 12.4. The molecule has 0 saturated heterocycles. The number of benzene rings is 1. The van der Waals surface area contributed by atoms with Crippen LogP contribution < -0.4 is 0 Å². The van der Waals surface area contributed by atoms with E-state index in [9.17, 15) is 4.79 Å². The Morgan fingerprint density at radius 3 is 2.68 bits per heavy atom. The second-order valence-corrected chi connectivity index (χ2v) is 5.67. The lowest BCUT2D eigenvalue weighted by Gasteiger charge is -2.06. The first kappa shape index (κ1) is 14.3. The molecule has 2 aromatic rings. The number of nitrogens with zero attached hydrogens (tertiary/aromatic N) is 2. The molecule has 2 rings (SSSR count). The van der Waals surface area contributed by atoms with Gasteiger partial charge in [-0.1, -0.05) is 29.8 Å². The summed E-state index contributed by atoms with van der Waals surface area (Å²) in [5.41, 5.74) is 3.31. The number of aryl methyl sites for hydroxylation is 3. The van der Waals surface area contributed by atoms with Gasteiger partial charge in [-0.25, -0.2) is 0 Å². The van der Waals surface area contributed by atoms with Gasteiger partial charge < -0.3 is 0 Å². The van der Waals surface area contributed by atoms with Crippen LogP contribution in [0, 0.1) is 13.8 Å². The van der Waals surface area contributed by atoms with E-state index in [1.807, 2.05) is 32.0 Å². The summed E-state index contributed by atoms with van der Waals surface area (Å²) in [5.74, 6) is 0.0357. The van der Waals surface area contributed by atoms with Crippen LogP contribution in [-0.2, 0) is 13.5 Å². The third-order valence-corrected chi connectivity index (χ3v) is 4.62. The van der Waals surface area contributed by atoms with E-state index in [-0.39, 0.29) is 12.2 Å². The minimum atomic E-state index is 0.0357. The fourth-order valence-electron chi connectivity index (χ4n) is 1.99. The number of Topliss-reactive ketones (excluding diaryl/α,β-unsaturated/α-hetero) is 1. The Labute approximate surface area is 125 Å². The number of halogens is 2. The molecule has 0 unspecified atom stereocenters. The maximum atomic E-state index is 12.4. The van der Waals surface area contributed by atoms with Gasteiger partial charge in [0.2, 0.25) is 0 Å². The van der Waals surface area contributed by atoms with Gasteiger partial charge in [0, 0.05) is 29.1 Å². The van der Waals surface area contributed by atoms with Crippen molar-refractivity contribution in [1.29, 1.82) is 0 Å². The Morgan fingerprint density at radius 2 is 2.11 bits per heavy atom. The van der Waals surface area contributed by atoms with E-state index in [1.165, 1.54) is 0 Å². The fourth-order valence-corrected chi connectivity index (χ4v) is 2.72. The highest BCUT2D eigenvalue weighted by Crippen LogP contribution is 2.25. The molecule has 0 atom stereocenters. The van der Waals surface area contributed by atoms with Gasteiger partial charge in [0.15, 0.2) is 5.78 Å². The molecule has 0 radical (unpaired) electrons. The maximum Gasteiger partial charge on any atom is 0.168 e. The molecule has 1 heterocycles. The highest BCUT2D eigenvalue weighted by Gasteiger charge is 2.18. The number of hydrogen-bond acceptors (Lipinski definition) is 2. The largest absolute Gasteiger partial charge is 0.294 e. The van der Waals surface area contributed by atoms with E-state index in [4.69, 9.17) is 11.6 Å². The average molecular weight is 342 g/mol. The molecule has 100 valence electrons. The van der Waals surface area contributed by atoms with Crippen molar-refractivity contribution < 1.29 is 4.79 Å². The van der Waals surface area contributed by atoms with Crippen molar-refractivity contribution in [2.45, 2.75) is 20.3 Å². The zero-order valence-corrected chi connectivity index (χ0v) is 13.3. The van der Waals surface area contributed by atoms with E-state index in [2.05, 4.69) is 21.0 Å². The predicted molar refractivity (Wildman–Crippen MR) is 79.9 cm³/mol. The van der Waals surface area contributed by atoms with Crippen LogP contribution in [0.1, 0.15) is 27.2 Å². The van der Waals surface area contributed by atoms with Crippen molar-refractivity contribution in [3.8, 4) is 0 Å². The molecule has 19 heavy (non-hydrogen) atoms. The number of hydrogen-bond donors (Lipinski definition) is 0. The van der Waals surface area contributed by atoms with Crippen LogP contribution in [-0.4, -0.2) is 15.6 Å². The number of rotatable bonds is 3. The van der Waals surface area contributed by atoms with Crippen LogP contribution in [0.3, 0.4) is 0 Å². The first-order valence-electron chi connectivity index (χ1n) is 5.88. The van der Waals surface area contributed by atoms with Gasteiger partial charge >= 0.3 is 0 Å². The van der Waals surface area contributed by atoms with Crippen LogP contribution in [0.25, 0.3) is 0 Å². The summed E-state index contributed by atoms with van der Waals surface area (Å²) in [5, 5.41) is 4.74. The molecule has 0 amide bonds. The van der Waals surface area contributed by atoms with Crippen LogP contribution in [0.2, 0.25) is 5.15 Å². The summed E-state index contributed by atoms with van der Waals surface area (Å²) in [6.07, 6.45) is 0.264. The van der Waals surface area contributed by atoms with E-state index >= 15 is 0 Å². The monoisotopic (exact) mass is 340 g/mol. The molecule has 5 heteroatoms. The minimum absolute atomic E-state index is 0.0357. The molecule has 3 nitrogen and oxygen atoms in total. The smallest absolute Gasteiger partial charge is 0.168 e. The van der Waals surface area contributed by atoms with E-state index in [1.54, 1.807) is 11.7 Å². The molecule has 0 aliphatic rings. The Bertz CT molecular complexity index is 649. The van der Waals surface area contributed by atoms with Gasteiger partial charge in [-0.05, 0) is 35.3 Å². The van der Waals surface area contributed by atoms with Crippen molar-refractivity contribution in [3.63, 3.8) is 0 Å². The molecular weight excluding hydrogens is 328 g/mol. The summed E-state index contributed by atoms with van der Waals surface area (Å²) in [7, 11) is 1.77. The first-order chi connectivity index (χ1) is 8.91. The highest BCUT2D eigenvalue weighted by molar-refractivity contribution is 9.10. The van der Waals surface area contributed by atoms with Crippen molar-refractivity contribution in [3.05, 3.63) is 50.2 Å². The molecule has 0 aliphatic carbocycles. The van der Waals surface area contributed by atoms with Gasteiger partial charge in [-0.15, -0.1) is 0 Å². The van der Waals surface area contributed by atoms with Gasteiger partial charge in [0.05, 0.1) is 5.69 Å². The normalized spacial score (nSPS) is 10.8. The molecule has 0 saturated carbocycles. The number of aromatic nitrogens is 2. The van der Waals surface area contributed by atoms with Crippen molar-refractivity contribution in [1.82, 2.24) is 9.78 Å². The first-order valence-corrected chi connectivity index (χ1v) is 7.05. The van der Waals surface area contributed by atoms with Crippen LogP contribution >= 0.6 is 27.5 Å². The van der Waals surface area contributed by atoms with Gasteiger partial charge in [-0.3, -0.25) is 9.48 Å². The Morgan fingerprint density at radius 1 is 1.42 bits per heavy atom. The van der Waals surface area contributed by atoms with Crippen molar-refractivity contribution >= 4 is 33.3 Å². The fraction of sp³-hybridized carbons (Fsp3) is 0.286. The third kappa shape index (κ3) is 2.74. The topological polar surface area (TPSA) is 34.9 Å². The van der Waals surface area contributed by atoms with Crippen LogP contribution in [0.4, 0.5) is 0 Å². The van der Waals surface area contributed by atoms with Gasteiger partial charge in [0.1, 0.15) is 5.15 Å². The minimum Gasteiger partial charge on any atom is -0.294 e. The molecule has 0 bridgehead atoms. The summed E-state index contributed by atoms with van der Waals surface area (Å²) in [4.78, 5) is 12.4. The average Bonchev–Trinajstić information content (AvgIpc) is 2.59. The zero-order valence-electron chi connectivity index (χ0n) is 11.0. The summed E-state index contributed by atoms with van der Waals surface area (Å²) >= 11 is 9.61. The quantitative estimate of drug-likeness (QED) is 0.794. The second-order valence-electron chi connectivity index (χ2n) is 4.51. The molecule has 0 fully saturated rings. The Kier molecular flexibility index (Phi) is 4.11. The van der Waals surface area contributed by atoms with Crippen molar-refractivity contribution in [2.75, 3.05) is 0 Å². The summed E-state index contributed by atoms with van der Waals surface area (Å²) in [6.45, 7) is 3.82. The second kappa shape index (κ2) is 5.47. The van der Waals surface area contributed by atoms with Gasteiger partial charge in [0.25, 0.3) is 0 Å². The molecule has 1 aromatic heterocycles. The lowest BCUT2D eigenvalue weighted by Crippen LogP contribution is -2.06. The predicted octanol–water partition coefficient (Wildman–Crippen LogP) is 3.88. The molecule has 0 aliphatic heterocycles. The van der Waals surface area contributed by atoms with Crippen LogP contribution in [0.5, 0.6) is 0 Å². The lowest BCUT2D eigenvalue weighted by atomic mass is 10.0. The summed E-state index contributed by atoms with van der Waals surface area (Å²) in [6, 6.07) is 5.66. The lowest BCUT2D eigenvalue weighted by molar-refractivity contribution is 0.0992. The SMILES string of the molecule is Cc1cccc(C(=O)Cc2c(C)nn(C)c2Cl)c1Br. The number of ketones is 1. The van der Waals surface area contributed by atoms with Crippen molar-refractivity contribution in [2.24, 2.45) is 7.05 Å². The standard InChI is InChI=1S/C14H14BrClN2O/c1-8-5-4-6-10(13(8)15)12(19)7-11-9(2)17-18(3)14(11)16/h4-6H,7H2,1-3H3. The third-order valence-electron chi connectivity index (χ3n) is 3.10. The number of carbonyl (C=O) groups is 1. The van der Waals surface area contributed by atoms with Gasteiger partial charge in [-0.2, -0.15) is 5.10 Å².